The van der Waals surface area contributed by atoms with E-state index in [9.17, 15) is 9.50 Å². The lowest BCUT2D eigenvalue weighted by Gasteiger charge is -2.14. The van der Waals surface area contributed by atoms with Gasteiger partial charge in [-0.25, -0.2) is 4.39 Å². The maximum absolute atomic E-state index is 13.6. The predicted molar refractivity (Wildman–Crippen MR) is 98.5 cm³/mol. The Morgan fingerprint density at radius 1 is 1.16 bits per heavy atom. The Kier molecular flexibility index (Phi) is 7.65. The molecule has 1 aliphatic rings. The number of ether oxygens (including phenoxy) is 1. The van der Waals surface area contributed by atoms with Crippen molar-refractivity contribution in [1.29, 1.82) is 0 Å². The van der Waals surface area contributed by atoms with Crippen molar-refractivity contribution in [2.45, 2.75) is 19.3 Å². The van der Waals surface area contributed by atoms with Crippen LogP contribution in [0.2, 0.25) is 0 Å². The van der Waals surface area contributed by atoms with Crippen LogP contribution in [0.15, 0.2) is 48.5 Å². The lowest BCUT2D eigenvalue weighted by atomic mass is 10.1. The highest BCUT2D eigenvalue weighted by atomic mass is 35.5. The molecule has 0 aromatic heterocycles. The number of benzene rings is 2. The van der Waals surface area contributed by atoms with Crippen molar-refractivity contribution in [2.75, 3.05) is 19.6 Å². The topological polar surface area (TPSA) is 53.5 Å². The average molecular weight is 367 g/mol. The third-order valence-corrected chi connectivity index (χ3v) is 4.29. The van der Waals surface area contributed by atoms with Crippen LogP contribution in [-0.2, 0) is 13.2 Å². The quantitative estimate of drug-likeness (QED) is 0.704. The van der Waals surface area contributed by atoms with Gasteiger partial charge in [0.25, 0.3) is 0 Å². The third kappa shape index (κ3) is 5.68. The standard InChI is InChI=1S/C19H23FN2O2.ClH/c20-18-7-2-1-5-15(18)13-24-17-6-3-4-14(8-17)9-21-10-16-11-22-12-19(16)23;/h1-8,16,19,21-23H,9-13H2;1H. The van der Waals surface area contributed by atoms with Crippen LogP contribution in [-0.4, -0.2) is 30.8 Å². The van der Waals surface area contributed by atoms with Crippen LogP contribution in [0, 0.1) is 11.7 Å². The minimum absolute atomic E-state index is 0. The fourth-order valence-corrected chi connectivity index (χ4v) is 2.85. The Hall–Kier alpha value is -1.66. The van der Waals surface area contributed by atoms with Crippen molar-refractivity contribution < 1.29 is 14.2 Å². The first-order valence-corrected chi connectivity index (χ1v) is 8.27. The molecule has 3 rings (SSSR count). The van der Waals surface area contributed by atoms with Crippen LogP contribution in [0.25, 0.3) is 0 Å². The molecule has 0 radical (unpaired) electrons. The second kappa shape index (κ2) is 9.73. The molecule has 6 heteroatoms. The molecule has 0 spiro atoms. The maximum Gasteiger partial charge on any atom is 0.129 e. The van der Waals surface area contributed by atoms with Gasteiger partial charge in [0.15, 0.2) is 0 Å². The van der Waals surface area contributed by atoms with E-state index in [2.05, 4.69) is 10.6 Å². The van der Waals surface area contributed by atoms with Gasteiger partial charge in [-0.05, 0) is 23.8 Å². The molecule has 1 heterocycles. The molecule has 0 bridgehead atoms. The van der Waals surface area contributed by atoms with E-state index in [0.717, 1.165) is 24.4 Å². The normalized spacial score (nSPS) is 19.4. The van der Waals surface area contributed by atoms with Crippen molar-refractivity contribution in [3.05, 3.63) is 65.5 Å². The summed E-state index contributed by atoms with van der Waals surface area (Å²) in [5.41, 5.74) is 1.64. The van der Waals surface area contributed by atoms with E-state index in [4.69, 9.17) is 4.74 Å². The molecule has 1 aliphatic heterocycles. The van der Waals surface area contributed by atoms with Crippen molar-refractivity contribution in [3.63, 3.8) is 0 Å². The number of rotatable bonds is 7. The number of nitrogens with one attached hydrogen (secondary N) is 2. The first kappa shape index (κ1) is 19.7. The number of β-amino-alcohol motifs (C(OH)–C–C–N with tert-alkyl or cyclic N) is 1. The summed E-state index contributed by atoms with van der Waals surface area (Å²) in [6.45, 7) is 3.21. The summed E-state index contributed by atoms with van der Waals surface area (Å²) < 4.78 is 19.3. The molecule has 2 atom stereocenters. The van der Waals surface area contributed by atoms with Gasteiger partial charge >= 0.3 is 0 Å². The van der Waals surface area contributed by atoms with Crippen LogP contribution in [0.1, 0.15) is 11.1 Å². The zero-order chi connectivity index (χ0) is 16.8. The van der Waals surface area contributed by atoms with E-state index in [1.807, 2.05) is 24.3 Å². The number of halogens is 2. The summed E-state index contributed by atoms with van der Waals surface area (Å²) in [6.07, 6.45) is -0.270. The van der Waals surface area contributed by atoms with Crippen molar-refractivity contribution in [3.8, 4) is 5.75 Å². The SMILES string of the molecule is Cl.OC1CNCC1CNCc1cccc(OCc2ccccc2F)c1. The van der Waals surface area contributed by atoms with Crippen molar-refractivity contribution in [1.82, 2.24) is 10.6 Å². The minimum Gasteiger partial charge on any atom is -0.489 e. The highest BCUT2D eigenvalue weighted by molar-refractivity contribution is 5.85. The van der Waals surface area contributed by atoms with Crippen molar-refractivity contribution >= 4 is 12.4 Å². The summed E-state index contributed by atoms with van der Waals surface area (Å²) in [7, 11) is 0. The second-order valence-electron chi connectivity index (χ2n) is 6.14. The predicted octanol–water partition coefficient (Wildman–Crippen LogP) is 2.50. The van der Waals surface area contributed by atoms with Gasteiger partial charge in [0, 0.05) is 37.7 Å². The number of hydrogen-bond donors (Lipinski definition) is 3. The summed E-state index contributed by atoms with van der Waals surface area (Å²) in [5, 5.41) is 16.3. The molecular weight excluding hydrogens is 343 g/mol. The van der Waals surface area contributed by atoms with E-state index in [0.29, 0.717) is 18.7 Å². The fourth-order valence-electron chi connectivity index (χ4n) is 2.85. The minimum atomic E-state index is -0.270. The van der Waals surface area contributed by atoms with E-state index < -0.39 is 0 Å². The molecule has 3 N–H and O–H groups in total. The van der Waals surface area contributed by atoms with Gasteiger partial charge in [-0.3, -0.25) is 0 Å². The smallest absolute Gasteiger partial charge is 0.129 e. The zero-order valence-corrected chi connectivity index (χ0v) is 14.8. The Labute approximate surface area is 153 Å². The largest absolute Gasteiger partial charge is 0.489 e. The van der Waals surface area contributed by atoms with E-state index in [1.54, 1.807) is 18.2 Å². The molecule has 2 aromatic rings. The monoisotopic (exact) mass is 366 g/mol. The van der Waals surface area contributed by atoms with Gasteiger partial charge in [-0.1, -0.05) is 30.3 Å². The second-order valence-corrected chi connectivity index (χ2v) is 6.14. The summed E-state index contributed by atoms with van der Waals surface area (Å²) in [4.78, 5) is 0. The third-order valence-electron chi connectivity index (χ3n) is 4.29. The first-order chi connectivity index (χ1) is 11.7. The molecule has 4 nitrogen and oxygen atoms in total. The van der Waals surface area contributed by atoms with Gasteiger partial charge in [-0.15, -0.1) is 12.4 Å². The highest BCUT2D eigenvalue weighted by Gasteiger charge is 2.23. The molecular formula is C19H24ClFN2O2. The molecule has 1 saturated heterocycles. The Bertz CT molecular complexity index is 671. The van der Waals surface area contributed by atoms with Crippen molar-refractivity contribution in [2.24, 2.45) is 5.92 Å². The molecule has 1 fully saturated rings. The zero-order valence-electron chi connectivity index (χ0n) is 14.0. The fraction of sp³-hybridized carbons (Fsp3) is 0.368. The summed E-state index contributed by atoms with van der Waals surface area (Å²) in [5.74, 6) is 0.727. The van der Waals surface area contributed by atoms with Crippen LogP contribution in [0.4, 0.5) is 4.39 Å². The molecule has 0 saturated carbocycles. The van der Waals surface area contributed by atoms with Gasteiger partial charge in [0.2, 0.25) is 0 Å². The Morgan fingerprint density at radius 2 is 2.00 bits per heavy atom. The molecule has 25 heavy (non-hydrogen) atoms. The molecule has 2 aromatic carbocycles. The van der Waals surface area contributed by atoms with E-state index in [-0.39, 0.29) is 36.9 Å². The average Bonchev–Trinajstić information content (AvgIpc) is 3.00. The number of aliphatic hydroxyl groups excluding tert-OH is 1. The lowest BCUT2D eigenvalue weighted by molar-refractivity contribution is 0.146. The molecule has 0 amide bonds. The molecule has 136 valence electrons. The van der Waals surface area contributed by atoms with Crippen LogP contribution in [0.5, 0.6) is 5.75 Å². The lowest BCUT2D eigenvalue weighted by Crippen LogP contribution is -2.30. The van der Waals surface area contributed by atoms with Crippen LogP contribution >= 0.6 is 12.4 Å². The van der Waals surface area contributed by atoms with Crippen LogP contribution in [0.3, 0.4) is 0 Å². The first-order valence-electron chi connectivity index (χ1n) is 8.27. The van der Waals surface area contributed by atoms with Gasteiger partial charge in [0.1, 0.15) is 18.2 Å². The Balaban J connectivity index is 0.00000225. The number of hydrogen-bond acceptors (Lipinski definition) is 4. The van der Waals surface area contributed by atoms with Crippen LogP contribution < -0.4 is 15.4 Å². The van der Waals surface area contributed by atoms with Gasteiger partial charge in [-0.2, -0.15) is 0 Å². The molecule has 2 unspecified atom stereocenters. The van der Waals surface area contributed by atoms with E-state index >= 15 is 0 Å². The van der Waals surface area contributed by atoms with Gasteiger partial charge < -0.3 is 20.5 Å². The van der Waals surface area contributed by atoms with E-state index in [1.165, 1.54) is 6.07 Å². The highest BCUT2D eigenvalue weighted by Crippen LogP contribution is 2.16. The van der Waals surface area contributed by atoms with Gasteiger partial charge in [0.05, 0.1) is 6.10 Å². The molecule has 0 aliphatic carbocycles. The number of aliphatic hydroxyl groups is 1. The summed E-state index contributed by atoms with van der Waals surface area (Å²) >= 11 is 0. The summed E-state index contributed by atoms with van der Waals surface area (Å²) in [6, 6.07) is 14.4. The Morgan fingerprint density at radius 3 is 2.76 bits per heavy atom. The maximum atomic E-state index is 13.6.